The Bertz CT molecular complexity index is 370. The SMILES string of the molecule is O=C(CCCP(=O)([O-])[O-])C(F)(F)P(=O)([O-])[O-].[Na+].[Na+].[Na+].[Na+]. The summed E-state index contributed by atoms with van der Waals surface area (Å²) in [5, 5.41) is 0. The maximum Gasteiger partial charge on any atom is 1.00 e. The van der Waals surface area contributed by atoms with Gasteiger partial charge in [0.2, 0.25) is 5.78 Å². The first-order valence-electron chi connectivity index (χ1n) is 3.82. The summed E-state index contributed by atoms with van der Waals surface area (Å²) >= 11 is 0. The Hall–Kier alpha value is 3.83. The van der Waals surface area contributed by atoms with Gasteiger partial charge in [-0.1, -0.05) is 7.60 Å². The van der Waals surface area contributed by atoms with E-state index in [9.17, 15) is 42.3 Å². The van der Waals surface area contributed by atoms with Crippen LogP contribution in [0.2, 0.25) is 0 Å². The molecule has 0 aliphatic heterocycles. The Morgan fingerprint density at radius 1 is 0.950 bits per heavy atom. The van der Waals surface area contributed by atoms with E-state index in [0.717, 1.165) is 0 Å². The van der Waals surface area contributed by atoms with E-state index in [1.807, 2.05) is 0 Å². The summed E-state index contributed by atoms with van der Waals surface area (Å²) in [6.07, 6.45) is -2.98. The van der Waals surface area contributed by atoms with Crippen molar-refractivity contribution in [3.63, 3.8) is 0 Å². The number of alkyl halides is 2. The van der Waals surface area contributed by atoms with Gasteiger partial charge in [-0.25, -0.2) is 0 Å². The van der Waals surface area contributed by atoms with Crippen molar-refractivity contribution in [3.05, 3.63) is 0 Å². The second kappa shape index (κ2) is 14.0. The predicted octanol–water partition coefficient (Wildman–Crippen LogP) is -14.2. The van der Waals surface area contributed by atoms with Gasteiger partial charge in [0.05, 0.1) is 0 Å². The Morgan fingerprint density at radius 3 is 1.55 bits per heavy atom. The van der Waals surface area contributed by atoms with Crippen LogP contribution in [0.5, 0.6) is 0 Å². The first-order valence-corrected chi connectivity index (χ1v) is 7.09. The van der Waals surface area contributed by atoms with E-state index in [1.54, 1.807) is 0 Å². The molecule has 0 amide bonds. The molecule has 20 heavy (non-hydrogen) atoms. The molecule has 0 aromatic rings. The van der Waals surface area contributed by atoms with E-state index in [-0.39, 0.29) is 118 Å². The molecule has 0 fully saturated rings. The van der Waals surface area contributed by atoms with Crippen LogP contribution < -0.4 is 138 Å². The Balaban J connectivity index is -0.000000187. The zero-order valence-corrected chi connectivity index (χ0v) is 21.4. The number of hydrogen-bond donors (Lipinski definition) is 0. The van der Waals surface area contributed by atoms with Crippen molar-refractivity contribution in [3.8, 4) is 0 Å². The molecule has 15 heteroatoms. The van der Waals surface area contributed by atoms with Crippen LogP contribution in [0.25, 0.3) is 0 Å². The molecule has 0 unspecified atom stereocenters. The molecule has 0 N–H and O–H groups in total. The fourth-order valence-corrected chi connectivity index (χ4v) is 1.70. The molecule has 0 saturated carbocycles. The van der Waals surface area contributed by atoms with Crippen molar-refractivity contribution >= 4 is 21.0 Å². The molecule has 7 nitrogen and oxygen atoms in total. The van der Waals surface area contributed by atoms with Crippen molar-refractivity contribution in [1.29, 1.82) is 0 Å². The van der Waals surface area contributed by atoms with Crippen LogP contribution in [0.15, 0.2) is 0 Å². The fraction of sp³-hybridized carbons (Fsp3) is 0.800. The molecule has 0 aromatic carbocycles. The molecular weight excluding hydrogens is 364 g/mol. The van der Waals surface area contributed by atoms with E-state index in [4.69, 9.17) is 0 Å². The van der Waals surface area contributed by atoms with Gasteiger partial charge < -0.3 is 28.7 Å². The number of Topliss-reactive ketones (excluding diaryl/α,β-unsaturated/α-hetero) is 1. The average molecular weight is 370 g/mol. The summed E-state index contributed by atoms with van der Waals surface area (Å²) in [5.41, 5.74) is -5.07. The Kier molecular flexibility index (Phi) is 24.6. The van der Waals surface area contributed by atoms with Crippen molar-refractivity contribution in [2.45, 2.75) is 18.5 Å². The molecule has 0 aromatic heterocycles. The first-order chi connectivity index (χ1) is 6.88. The quantitative estimate of drug-likeness (QED) is 0.334. The van der Waals surface area contributed by atoms with Crippen LogP contribution in [0.1, 0.15) is 12.8 Å². The van der Waals surface area contributed by atoms with Crippen molar-refractivity contribution < 1.29 is 161 Å². The number of carbonyl (C=O) groups is 1. The minimum absolute atomic E-state index is 0. The zero-order chi connectivity index (χ0) is 13.2. The average Bonchev–Trinajstić information content (AvgIpc) is 1.99. The largest absolute Gasteiger partial charge is 1.00 e. The van der Waals surface area contributed by atoms with Gasteiger partial charge in [-0.05, 0) is 12.6 Å². The monoisotopic (exact) mass is 370 g/mol. The standard InChI is InChI=1S/C5H10F2O7P2.4Na/c6-5(7,16(12,13)14)4(8)2-1-3-15(9,10)11;;;;/h1-3H2,(H2,9,10,11)(H2,12,13,14);;;;/q;4*+1/p-4. The molecule has 0 aliphatic carbocycles. The van der Waals surface area contributed by atoms with Crippen LogP contribution in [0, 0.1) is 0 Å². The van der Waals surface area contributed by atoms with Gasteiger partial charge >= 0.3 is 124 Å². The normalized spacial score (nSPS) is 11.1. The number of hydrogen-bond acceptors (Lipinski definition) is 7. The second-order valence-electron chi connectivity index (χ2n) is 2.90. The summed E-state index contributed by atoms with van der Waals surface area (Å²) in [6, 6.07) is 0. The third-order valence-electron chi connectivity index (χ3n) is 1.52. The molecule has 0 radical (unpaired) electrons. The van der Waals surface area contributed by atoms with E-state index in [1.165, 1.54) is 0 Å². The van der Waals surface area contributed by atoms with Crippen LogP contribution in [-0.4, -0.2) is 17.6 Å². The Morgan fingerprint density at radius 2 is 1.30 bits per heavy atom. The fourth-order valence-electron chi connectivity index (χ4n) is 0.736. The van der Waals surface area contributed by atoms with Gasteiger partial charge in [-0.2, -0.15) is 8.78 Å². The van der Waals surface area contributed by atoms with E-state index < -0.39 is 45.6 Å². The van der Waals surface area contributed by atoms with E-state index in [0.29, 0.717) is 0 Å². The van der Waals surface area contributed by atoms with Gasteiger partial charge in [-0.3, -0.25) is 4.79 Å². The molecule has 0 rings (SSSR count). The van der Waals surface area contributed by atoms with Crippen LogP contribution >= 0.6 is 15.2 Å². The minimum atomic E-state index is -6.41. The second-order valence-corrected chi connectivity index (χ2v) is 6.13. The number of ketones is 1. The molecule has 96 valence electrons. The smallest absolute Gasteiger partial charge is 0.811 e. The molecule has 0 aliphatic rings. The third kappa shape index (κ3) is 14.2. The molecule has 0 heterocycles. The molecule has 0 bridgehead atoms. The van der Waals surface area contributed by atoms with Gasteiger partial charge in [-0.15, -0.1) is 0 Å². The zero-order valence-electron chi connectivity index (χ0n) is 11.6. The van der Waals surface area contributed by atoms with Crippen LogP contribution in [-0.2, 0) is 13.9 Å². The number of carbonyl (C=O) groups excluding carboxylic acids is 1. The molecule has 0 saturated heterocycles. The van der Waals surface area contributed by atoms with E-state index in [2.05, 4.69) is 0 Å². The van der Waals surface area contributed by atoms with Gasteiger partial charge in [0.25, 0.3) is 0 Å². The first kappa shape index (κ1) is 35.0. The van der Waals surface area contributed by atoms with Crippen molar-refractivity contribution in [2.75, 3.05) is 6.16 Å². The molecule has 0 spiro atoms. The van der Waals surface area contributed by atoms with Crippen molar-refractivity contribution in [2.24, 2.45) is 0 Å². The summed E-state index contributed by atoms with van der Waals surface area (Å²) in [5.74, 6) is -2.21. The maximum atomic E-state index is 12.5. The summed E-state index contributed by atoms with van der Waals surface area (Å²) in [6.45, 7) is 0. The van der Waals surface area contributed by atoms with E-state index >= 15 is 0 Å². The van der Waals surface area contributed by atoms with Crippen LogP contribution in [0.4, 0.5) is 8.78 Å². The van der Waals surface area contributed by atoms with Gasteiger partial charge in [0.1, 0.15) is 0 Å². The van der Waals surface area contributed by atoms with Crippen molar-refractivity contribution in [1.82, 2.24) is 0 Å². The van der Waals surface area contributed by atoms with Gasteiger partial charge in [0.15, 0.2) is 0 Å². The Labute approximate surface area is 202 Å². The molecular formula is C5H6F2Na4O7P2. The predicted molar refractivity (Wildman–Crippen MR) is 39.3 cm³/mol. The summed E-state index contributed by atoms with van der Waals surface area (Å²) in [7, 11) is -11.4. The summed E-state index contributed by atoms with van der Waals surface area (Å²) < 4.78 is 45.0. The maximum absolute atomic E-state index is 12.5. The third-order valence-corrected chi connectivity index (χ3v) is 3.32. The molecule has 0 atom stereocenters. The summed E-state index contributed by atoms with van der Waals surface area (Å²) in [4.78, 5) is 50.6. The van der Waals surface area contributed by atoms with Crippen LogP contribution in [0.3, 0.4) is 0 Å². The number of halogens is 2. The minimum Gasteiger partial charge on any atom is -0.811 e. The topological polar surface area (TPSA) is 143 Å². The number of rotatable bonds is 6. The van der Waals surface area contributed by atoms with Gasteiger partial charge in [0, 0.05) is 14.0 Å².